The van der Waals surface area contributed by atoms with Crippen molar-refractivity contribution in [2.24, 2.45) is 57.2 Å². The van der Waals surface area contributed by atoms with Gasteiger partial charge in [-0.1, -0.05) is 89.8 Å². The van der Waals surface area contributed by atoms with Crippen LogP contribution in [0.15, 0.2) is 46.6 Å². The largest absolute Gasteiger partial charge is 0.462 e. The van der Waals surface area contributed by atoms with Gasteiger partial charge in [-0.25, -0.2) is 0 Å². The van der Waals surface area contributed by atoms with Gasteiger partial charge in [0.05, 0.1) is 24.0 Å². The number of fused-ring (bicyclic) bond motifs is 6. The highest BCUT2D eigenvalue weighted by molar-refractivity contribution is 5.78. The van der Waals surface area contributed by atoms with E-state index in [0.717, 1.165) is 77.0 Å². The Balaban J connectivity index is 0.866. The summed E-state index contributed by atoms with van der Waals surface area (Å²) in [5.74, 6) is 2.15. The van der Waals surface area contributed by atoms with E-state index in [1.54, 1.807) is 11.1 Å². The maximum atomic E-state index is 13.7. The molecule has 0 heterocycles. The zero-order valence-corrected chi connectivity index (χ0v) is 36.7. The number of hydrogen-bond acceptors (Lipinski definition) is 8. The molecule has 0 aliphatic heterocycles. The lowest BCUT2D eigenvalue weighted by Gasteiger charge is -2.57. The van der Waals surface area contributed by atoms with Crippen LogP contribution in [0.2, 0.25) is 0 Å². The number of ether oxygens (including phenoxy) is 4. The van der Waals surface area contributed by atoms with Crippen LogP contribution in [0, 0.1) is 57.2 Å². The van der Waals surface area contributed by atoms with Gasteiger partial charge in [0.15, 0.2) is 0 Å². The van der Waals surface area contributed by atoms with Crippen LogP contribution in [0.5, 0.6) is 0 Å². The zero-order valence-electron chi connectivity index (χ0n) is 36.7. The summed E-state index contributed by atoms with van der Waals surface area (Å²) in [4.78, 5) is 27.3. The van der Waals surface area contributed by atoms with Crippen LogP contribution in [0.25, 0.3) is 0 Å². The van der Waals surface area contributed by atoms with Crippen molar-refractivity contribution >= 4 is 11.9 Å². The van der Waals surface area contributed by atoms with E-state index < -0.39 is 23.0 Å². The minimum absolute atomic E-state index is 0.0642. The minimum Gasteiger partial charge on any atom is -0.462 e. The van der Waals surface area contributed by atoms with Gasteiger partial charge in [-0.2, -0.15) is 0 Å². The van der Waals surface area contributed by atoms with Crippen LogP contribution >= 0.6 is 0 Å². The van der Waals surface area contributed by atoms with Crippen molar-refractivity contribution in [3.05, 3.63) is 46.6 Å². The number of esters is 2. The van der Waals surface area contributed by atoms with Crippen molar-refractivity contribution in [2.75, 3.05) is 39.6 Å². The molecule has 2 fully saturated rings. The van der Waals surface area contributed by atoms with E-state index in [0.29, 0.717) is 43.3 Å². The Morgan fingerprint density at radius 3 is 1.44 bits per heavy atom. The highest BCUT2D eigenvalue weighted by atomic mass is 16.6. The first kappa shape index (κ1) is 44.3. The minimum atomic E-state index is -0.909. The topological polar surface area (TPSA) is 112 Å². The van der Waals surface area contributed by atoms with Gasteiger partial charge in [0.25, 0.3) is 0 Å². The maximum absolute atomic E-state index is 13.7. The smallest absolute Gasteiger partial charge is 0.312 e. The highest BCUT2D eigenvalue weighted by Gasteiger charge is 2.59. The molecule has 6 aliphatic rings. The summed E-state index contributed by atoms with van der Waals surface area (Å²) < 4.78 is 23.0. The third-order valence-corrected chi connectivity index (χ3v) is 16.1. The monoisotopic (exact) mass is 793 g/mol. The molecule has 0 aromatic carbocycles. The molecule has 57 heavy (non-hydrogen) atoms. The molecule has 0 aromatic rings. The molecule has 0 radical (unpaired) electrons. The number of hydrogen-bond donors (Lipinski definition) is 2. The van der Waals surface area contributed by atoms with Gasteiger partial charge in [0, 0.05) is 13.2 Å². The van der Waals surface area contributed by atoms with Gasteiger partial charge in [-0.15, -0.1) is 0 Å². The predicted octanol–water partition coefficient (Wildman–Crippen LogP) is 9.49. The molecule has 6 rings (SSSR count). The Hall–Kier alpha value is -2.26. The molecular formula is C49H76O8. The molecule has 0 spiro atoms. The van der Waals surface area contributed by atoms with E-state index in [9.17, 15) is 19.8 Å². The van der Waals surface area contributed by atoms with Crippen LogP contribution < -0.4 is 0 Å². The first-order chi connectivity index (χ1) is 27.0. The summed E-state index contributed by atoms with van der Waals surface area (Å²) in [5.41, 5.74) is 5.01. The van der Waals surface area contributed by atoms with Crippen molar-refractivity contribution < 1.29 is 38.7 Å². The van der Waals surface area contributed by atoms with Gasteiger partial charge in [0.2, 0.25) is 0 Å². The Morgan fingerprint density at radius 1 is 0.649 bits per heavy atom. The van der Waals surface area contributed by atoms with Crippen molar-refractivity contribution in [3.8, 4) is 0 Å². The summed E-state index contributed by atoms with van der Waals surface area (Å²) in [7, 11) is 0. The first-order valence-electron chi connectivity index (χ1n) is 22.7. The second-order valence-corrected chi connectivity index (χ2v) is 20.5. The fourth-order valence-corrected chi connectivity index (χ4v) is 12.6. The van der Waals surface area contributed by atoms with Crippen molar-refractivity contribution in [3.63, 3.8) is 0 Å². The third-order valence-electron chi connectivity index (χ3n) is 16.1. The molecule has 0 bridgehead atoms. The average molecular weight is 793 g/mol. The molecule has 6 aliphatic carbocycles. The molecule has 320 valence electrons. The van der Waals surface area contributed by atoms with Gasteiger partial charge in [0.1, 0.15) is 25.4 Å². The van der Waals surface area contributed by atoms with Crippen LogP contribution in [-0.2, 0) is 28.5 Å². The van der Waals surface area contributed by atoms with Crippen molar-refractivity contribution in [1.82, 2.24) is 0 Å². The maximum Gasteiger partial charge on any atom is 0.312 e. The van der Waals surface area contributed by atoms with Crippen LogP contribution in [0.1, 0.15) is 139 Å². The highest BCUT2D eigenvalue weighted by Crippen LogP contribution is 2.64. The van der Waals surface area contributed by atoms with Gasteiger partial charge in [-0.05, 0) is 142 Å². The van der Waals surface area contributed by atoms with E-state index >= 15 is 0 Å². The molecule has 10 atom stereocenters. The number of aliphatic hydroxyl groups excluding tert-OH is 2. The standard InChI is InChI=1S/C49H76O8/c1-32(2)34-12-16-40-36(26-34)14-18-42-46(40,5)20-9-22-48(42,7)44(52)56-30-38(50)28-54-24-11-25-55-29-39(51)31-57-45(53)49(8)23-10-21-47(6)41-17-13-35(33(3)4)27-37(41)15-19-43(47)49/h14-15,26-27,32-33,38-43,50-51H,9-13,16-25,28-31H2,1-8H3. The number of aliphatic hydroxyl groups is 2. The third kappa shape index (κ3) is 9.10. The molecule has 0 aromatic heterocycles. The summed E-state index contributed by atoms with van der Waals surface area (Å²) >= 11 is 0. The summed E-state index contributed by atoms with van der Waals surface area (Å²) in [6, 6.07) is 0. The lowest BCUT2D eigenvalue weighted by atomic mass is 9.47. The summed E-state index contributed by atoms with van der Waals surface area (Å²) in [6.07, 6.45) is 20.7. The van der Waals surface area contributed by atoms with E-state index in [4.69, 9.17) is 18.9 Å². The summed E-state index contributed by atoms with van der Waals surface area (Å²) in [5, 5.41) is 21.2. The molecule has 0 amide bonds. The predicted molar refractivity (Wildman–Crippen MR) is 224 cm³/mol. The van der Waals surface area contributed by atoms with Crippen molar-refractivity contribution in [2.45, 2.75) is 151 Å². The van der Waals surface area contributed by atoms with E-state index in [-0.39, 0.29) is 61.0 Å². The van der Waals surface area contributed by atoms with Gasteiger partial charge in [-0.3, -0.25) is 9.59 Å². The molecule has 8 nitrogen and oxygen atoms in total. The quantitative estimate of drug-likeness (QED) is 0.118. The lowest BCUT2D eigenvalue weighted by Crippen LogP contribution is -2.53. The normalized spacial score (nSPS) is 36.0. The molecule has 2 saturated carbocycles. The fourth-order valence-electron chi connectivity index (χ4n) is 12.6. The molecule has 0 saturated heterocycles. The Bertz CT molecular complexity index is 1460. The first-order valence-corrected chi connectivity index (χ1v) is 22.7. The van der Waals surface area contributed by atoms with Gasteiger partial charge < -0.3 is 29.2 Å². The Morgan fingerprint density at radius 2 is 1.05 bits per heavy atom. The molecular weight excluding hydrogens is 717 g/mol. The van der Waals surface area contributed by atoms with Crippen LogP contribution in [0.4, 0.5) is 0 Å². The van der Waals surface area contributed by atoms with E-state index in [1.807, 2.05) is 0 Å². The number of carbonyl (C=O) groups is 2. The van der Waals surface area contributed by atoms with Crippen LogP contribution in [-0.4, -0.2) is 74.0 Å². The van der Waals surface area contributed by atoms with Gasteiger partial charge >= 0.3 is 11.9 Å². The number of carbonyl (C=O) groups excluding carboxylic acids is 2. The number of allylic oxidation sites excluding steroid dienone is 8. The molecule has 8 heteroatoms. The Labute approximate surface area is 344 Å². The van der Waals surface area contributed by atoms with E-state index in [2.05, 4.69) is 79.7 Å². The van der Waals surface area contributed by atoms with E-state index in [1.165, 1.54) is 11.1 Å². The second kappa shape index (κ2) is 18.2. The zero-order chi connectivity index (χ0) is 41.2. The Kier molecular flexibility index (Phi) is 14.1. The molecule has 2 N–H and O–H groups in total. The average Bonchev–Trinajstić information content (AvgIpc) is 3.17. The SMILES string of the molecule is CC(C)C1=CC2=CCC3C(C)(C(=O)OCC(O)COCCCOCC(O)COC(=O)C4(C)CCCC5(C)C6CCC(C(C)C)=CC6=CCC45)CCCC3(C)C2CC1. The van der Waals surface area contributed by atoms with Crippen LogP contribution in [0.3, 0.4) is 0 Å². The fraction of sp³-hybridized carbons (Fsp3) is 0.796. The van der Waals surface area contributed by atoms with Crippen molar-refractivity contribution in [1.29, 1.82) is 0 Å². The lowest BCUT2D eigenvalue weighted by molar-refractivity contribution is -0.173. The second-order valence-electron chi connectivity index (χ2n) is 20.5. The summed E-state index contributed by atoms with van der Waals surface area (Å²) in [6.45, 7) is 18.8. The molecule has 10 unspecified atom stereocenters. The number of rotatable bonds is 16.